The molecule has 0 spiro atoms. The summed E-state index contributed by atoms with van der Waals surface area (Å²) in [6, 6.07) is 1.93. The lowest BCUT2D eigenvalue weighted by molar-refractivity contribution is 0.0524. The lowest BCUT2D eigenvalue weighted by atomic mass is 9.90. The summed E-state index contributed by atoms with van der Waals surface area (Å²) in [6.45, 7) is 14.2. The molecule has 0 aliphatic carbocycles. The normalized spacial score (nSPS) is 13.0. The van der Waals surface area contributed by atoms with E-state index in [1.54, 1.807) is 0 Å². The molecule has 4 heteroatoms. The molecule has 1 rings (SSSR count). The summed E-state index contributed by atoms with van der Waals surface area (Å²) in [5.74, 6) is 0. The van der Waals surface area contributed by atoms with Gasteiger partial charge in [0, 0.05) is 12.6 Å². The Morgan fingerprint density at radius 1 is 1.19 bits per heavy atom. The quantitative estimate of drug-likeness (QED) is 0.897. The summed E-state index contributed by atoms with van der Waals surface area (Å²) in [6.07, 6.45) is -0.433. The van der Waals surface area contributed by atoms with Crippen molar-refractivity contribution in [3.63, 3.8) is 0 Å². The molecule has 0 aliphatic heterocycles. The highest BCUT2D eigenvalue weighted by atomic mass is 16.6. The molecule has 118 valence electrons. The zero-order valence-electron chi connectivity index (χ0n) is 14.3. The maximum absolute atomic E-state index is 11.7. The van der Waals surface area contributed by atoms with E-state index in [0.29, 0.717) is 6.54 Å². The van der Waals surface area contributed by atoms with Gasteiger partial charge in [0.1, 0.15) is 5.60 Å². The van der Waals surface area contributed by atoms with Gasteiger partial charge in [-0.1, -0.05) is 6.07 Å². The fourth-order valence-electron chi connectivity index (χ4n) is 2.41. The van der Waals surface area contributed by atoms with Crippen LogP contribution in [0.2, 0.25) is 0 Å². The molecular formula is C17H28N2O2. The highest BCUT2D eigenvalue weighted by Crippen LogP contribution is 2.26. The van der Waals surface area contributed by atoms with Gasteiger partial charge >= 0.3 is 6.09 Å². The van der Waals surface area contributed by atoms with Crippen molar-refractivity contribution in [2.75, 3.05) is 6.54 Å². The largest absolute Gasteiger partial charge is 0.444 e. The first-order valence-corrected chi connectivity index (χ1v) is 7.32. The number of hydrogen-bond donors (Lipinski definition) is 2. The van der Waals surface area contributed by atoms with Gasteiger partial charge in [0.05, 0.1) is 0 Å². The van der Waals surface area contributed by atoms with Crippen LogP contribution in [0.1, 0.15) is 54.6 Å². The summed E-state index contributed by atoms with van der Waals surface area (Å²) in [5, 5.41) is 2.74. The molecule has 1 unspecified atom stereocenters. The van der Waals surface area contributed by atoms with E-state index in [-0.39, 0.29) is 6.04 Å². The number of carbonyl (C=O) groups is 1. The van der Waals surface area contributed by atoms with Crippen molar-refractivity contribution < 1.29 is 9.53 Å². The molecule has 1 aromatic rings. The van der Waals surface area contributed by atoms with Gasteiger partial charge < -0.3 is 15.8 Å². The third-order valence-corrected chi connectivity index (χ3v) is 3.66. The zero-order chi connectivity index (χ0) is 16.4. The Labute approximate surface area is 128 Å². The van der Waals surface area contributed by atoms with Crippen LogP contribution >= 0.6 is 0 Å². The molecule has 0 aromatic heterocycles. The van der Waals surface area contributed by atoms with Gasteiger partial charge in [0.15, 0.2) is 0 Å². The number of amides is 1. The Bertz CT molecular complexity index is 504. The van der Waals surface area contributed by atoms with Crippen LogP contribution in [0, 0.1) is 27.7 Å². The van der Waals surface area contributed by atoms with E-state index in [1.165, 1.54) is 22.3 Å². The molecule has 1 aromatic carbocycles. The Hall–Kier alpha value is -1.55. The second kappa shape index (κ2) is 6.48. The van der Waals surface area contributed by atoms with Gasteiger partial charge in [-0.15, -0.1) is 0 Å². The molecule has 0 heterocycles. The van der Waals surface area contributed by atoms with Crippen LogP contribution in [0.4, 0.5) is 4.79 Å². The van der Waals surface area contributed by atoms with Crippen LogP contribution in [0.5, 0.6) is 0 Å². The molecule has 0 saturated carbocycles. The highest BCUT2D eigenvalue weighted by molar-refractivity contribution is 5.67. The number of nitrogens with two attached hydrogens (primary N) is 1. The number of hydrogen-bond acceptors (Lipinski definition) is 3. The summed E-state index contributed by atoms with van der Waals surface area (Å²) in [4.78, 5) is 11.7. The summed E-state index contributed by atoms with van der Waals surface area (Å²) in [5.41, 5.74) is 11.7. The van der Waals surface area contributed by atoms with Crippen LogP contribution in [0.15, 0.2) is 6.07 Å². The molecule has 0 bridgehead atoms. The van der Waals surface area contributed by atoms with Gasteiger partial charge in [0.2, 0.25) is 0 Å². The summed E-state index contributed by atoms with van der Waals surface area (Å²) in [7, 11) is 0. The van der Waals surface area contributed by atoms with Gasteiger partial charge in [-0.25, -0.2) is 4.79 Å². The molecule has 1 amide bonds. The molecule has 0 radical (unpaired) electrons. The monoisotopic (exact) mass is 292 g/mol. The fraction of sp³-hybridized carbons (Fsp3) is 0.588. The van der Waals surface area contributed by atoms with Gasteiger partial charge in [-0.3, -0.25) is 0 Å². The lowest BCUT2D eigenvalue weighted by Gasteiger charge is -2.23. The predicted octanol–water partition coefficient (Wildman–Crippen LogP) is 3.44. The first kappa shape index (κ1) is 17.5. The average Bonchev–Trinajstić information content (AvgIpc) is 2.32. The predicted molar refractivity (Wildman–Crippen MR) is 86.6 cm³/mol. The third kappa shape index (κ3) is 4.74. The van der Waals surface area contributed by atoms with Crippen molar-refractivity contribution in [2.45, 2.75) is 60.1 Å². The van der Waals surface area contributed by atoms with Gasteiger partial charge in [-0.05, 0) is 76.3 Å². The number of nitrogens with one attached hydrogen (secondary N) is 1. The second-order valence-electron chi connectivity index (χ2n) is 6.66. The molecule has 4 nitrogen and oxygen atoms in total. The summed E-state index contributed by atoms with van der Waals surface area (Å²) >= 11 is 0. The SMILES string of the molecule is Cc1cc(C)c(C)c(C(N)CNC(=O)OC(C)(C)C)c1C. The Kier molecular flexibility index (Phi) is 5.40. The van der Waals surface area contributed by atoms with Crippen molar-refractivity contribution in [3.05, 3.63) is 33.9 Å². The molecule has 0 fully saturated rings. The van der Waals surface area contributed by atoms with Crippen LogP contribution in [0.25, 0.3) is 0 Å². The van der Waals surface area contributed by atoms with E-state index in [2.05, 4.69) is 39.1 Å². The van der Waals surface area contributed by atoms with Crippen LogP contribution in [-0.2, 0) is 4.74 Å². The topological polar surface area (TPSA) is 64.3 Å². The first-order chi connectivity index (χ1) is 9.53. The van der Waals surface area contributed by atoms with Crippen molar-refractivity contribution >= 4 is 6.09 Å². The fourth-order valence-corrected chi connectivity index (χ4v) is 2.41. The molecule has 3 N–H and O–H groups in total. The summed E-state index contributed by atoms with van der Waals surface area (Å²) < 4.78 is 5.23. The van der Waals surface area contributed by atoms with Crippen molar-refractivity contribution in [1.82, 2.24) is 5.32 Å². The van der Waals surface area contributed by atoms with E-state index < -0.39 is 11.7 Å². The molecular weight excluding hydrogens is 264 g/mol. The first-order valence-electron chi connectivity index (χ1n) is 7.32. The number of alkyl carbamates (subject to hydrolysis) is 1. The van der Waals surface area contributed by atoms with E-state index in [1.807, 2.05) is 20.8 Å². The maximum atomic E-state index is 11.7. The second-order valence-corrected chi connectivity index (χ2v) is 6.66. The van der Waals surface area contributed by atoms with Gasteiger partial charge in [-0.2, -0.15) is 0 Å². The molecule has 0 saturated heterocycles. The average molecular weight is 292 g/mol. The number of ether oxygens (including phenoxy) is 1. The van der Waals surface area contributed by atoms with Gasteiger partial charge in [0.25, 0.3) is 0 Å². The number of rotatable bonds is 3. The van der Waals surface area contributed by atoms with E-state index in [4.69, 9.17) is 10.5 Å². The van der Waals surface area contributed by atoms with E-state index in [0.717, 1.165) is 5.56 Å². The number of carbonyl (C=O) groups excluding carboxylic acids is 1. The van der Waals surface area contributed by atoms with Crippen LogP contribution < -0.4 is 11.1 Å². The van der Waals surface area contributed by atoms with E-state index in [9.17, 15) is 4.79 Å². The Morgan fingerprint density at radius 2 is 1.67 bits per heavy atom. The van der Waals surface area contributed by atoms with Crippen molar-refractivity contribution in [2.24, 2.45) is 5.73 Å². The van der Waals surface area contributed by atoms with Crippen LogP contribution in [-0.4, -0.2) is 18.2 Å². The minimum Gasteiger partial charge on any atom is -0.444 e. The van der Waals surface area contributed by atoms with Crippen molar-refractivity contribution in [3.8, 4) is 0 Å². The Morgan fingerprint density at radius 3 is 2.10 bits per heavy atom. The highest BCUT2D eigenvalue weighted by Gasteiger charge is 2.19. The standard InChI is InChI=1S/C17H28N2O2/c1-10-8-11(2)13(4)15(12(10)3)14(18)9-19-16(20)21-17(5,6)7/h8,14H,9,18H2,1-7H3,(H,19,20). The lowest BCUT2D eigenvalue weighted by Crippen LogP contribution is -2.37. The molecule has 21 heavy (non-hydrogen) atoms. The minimum absolute atomic E-state index is 0.240. The molecule has 0 aliphatic rings. The number of aryl methyl sites for hydroxylation is 2. The maximum Gasteiger partial charge on any atom is 0.407 e. The Balaban J connectivity index is 2.82. The number of benzene rings is 1. The van der Waals surface area contributed by atoms with Crippen LogP contribution in [0.3, 0.4) is 0 Å². The van der Waals surface area contributed by atoms with Crippen molar-refractivity contribution in [1.29, 1.82) is 0 Å². The zero-order valence-corrected chi connectivity index (χ0v) is 14.3. The smallest absolute Gasteiger partial charge is 0.407 e. The third-order valence-electron chi connectivity index (χ3n) is 3.66. The molecule has 1 atom stereocenters. The minimum atomic E-state index is -0.500. The van der Waals surface area contributed by atoms with E-state index >= 15 is 0 Å².